The lowest BCUT2D eigenvalue weighted by atomic mass is 10.0. The number of carbonyl (C=O) groups is 2. The molecule has 0 unspecified atom stereocenters. The molecule has 1 heterocycles. The van der Waals surface area contributed by atoms with Gasteiger partial charge in [-0.2, -0.15) is 0 Å². The minimum absolute atomic E-state index is 0.181. The molecular formula is C21H20O5. The maximum atomic E-state index is 12.7. The van der Waals surface area contributed by atoms with Crippen LogP contribution in [0.15, 0.2) is 42.2 Å². The summed E-state index contributed by atoms with van der Waals surface area (Å²) in [5.41, 5.74) is 2.04. The van der Waals surface area contributed by atoms with Crippen LogP contribution in [0.25, 0.3) is 6.08 Å². The SMILES string of the molecule is CCOc1ccc(/C=C2\Oc3cc(OC(=O)CC)cc(C)c3C2=O)cc1. The van der Waals surface area contributed by atoms with Crippen LogP contribution in [-0.2, 0) is 4.79 Å². The molecule has 0 N–H and O–H groups in total. The maximum Gasteiger partial charge on any atom is 0.310 e. The van der Waals surface area contributed by atoms with Gasteiger partial charge in [0.2, 0.25) is 5.78 Å². The number of hydrogen-bond donors (Lipinski definition) is 0. The number of benzene rings is 2. The zero-order valence-corrected chi connectivity index (χ0v) is 15.0. The van der Waals surface area contributed by atoms with Crippen molar-refractivity contribution in [1.82, 2.24) is 0 Å². The van der Waals surface area contributed by atoms with E-state index in [1.165, 1.54) is 0 Å². The van der Waals surface area contributed by atoms with Gasteiger partial charge in [0.15, 0.2) is 5.76 Å². The fourth-order valence-corrected chi connectivity index (χ4v) is 2.72. The molecular weight excluding hydrogens is 332 g/mol. The molecule has 0 saturated carbocycles. The van der Waals surface area contributed by atoms with Gasteiger partial charge in [-0.25, -0.2) is 0 Å². The van der Waals surface area contributed by atoms with Crippen LogP contribution in [0.2, 0.25) is 0 Å². The Kier molecular flexibility index (Phi) is 5.07. The number of ether oxygens (including phenoxy) is 3. The lowest BCUT2D eigenvalue weighted by molar-refractivity contribution is -0.134. The van der Waals surface area contributed by atoms with E-state index in [1.54, 1.807) is 32.1 Å². The third-order valence-electron chi connectivity index (χ3n) is 3.95. The smallest absolute Gasteiger partial charge is 0.310 e. The van der Waals surface area contributed by atoms with Crippen molar-refractivity contribution in [3.05, 3.63) is 58.8 Å². The topological polar surface area (TPSA) is 61.8 Å². The monoisotopic (exact) mass is 352 g/mol. The van der Waals surface area contributed by atoms with Crippen LogP contribution in [0.3, 0.4) is 0 Å². The summed E-state index contributed by atoms with van der Waals surface area (Å²) in [6.07, 6.45) is 1.97. The Morgan fingerprint density at radius 2 is 1.85 bits per heavy atom. The van der Waals surface area contributed by atoms with Crippen LogP contribution in [0.1, 0.15) is 41.8 Å². The van der Waals surface area contributed by atoms with E-state index in [1.807, 2.05) is 31.2 Å². The summed E-state index contributed by atoms with van der Waals surface area (Å²) in [5.74, 6) is 1.29. The molecule has 0 aliphatic carbocycles. The molecule has 0 atom stereocenters. The molecule has 2 aromatic carbocycles. The van der Waals surface area contributed by atoms with Gasteiger partial charge in [-0.15, -0.1) is 0 Å². The molecule has 0 amide bonds. The first kappa shape index (κ1) is 17.7. The van der Waals surface area contributed by atoms with Gasteiger partial charge in [0, 0.05) is 12.5 Å². The average molecular weight is 352 g/mol. The van der Waals surface area contributed by atoms with Crippen molar-refractivity contribution in [3.63, 3.8) is 0 Å². The molecule has 0 bridgehead atoms. The number of fused-ring (bicyclic) bond motifs is 1. The summed E-state index contributed by atoms with van der Waals surface area (Å²) in [7, 11) is 0. The molecule has 26 heavy (non-hydrogen) atoms. The Morgan fingerprint density at radius 3 is 2.50 bits per heavy atom. The van der Waals surface area contributed by atoms with Gasteiger partial charge < -0.3 is 14.2 Å². The summed E-state index contributed by atoms with van der Waals surface area (Å²) >= 11 is 0. The molecule has 0 radical (unpaired) electrons. The number of esters is 1. The average Bonchev–Trinajstić information content (AvgIpc) is 2.92. The van der Waals surface area contributed by atoms with Crippen molar-refractivity contribution in [2.24, 2.45) is 0 Å². The number of hydrogen-bond acceptors (Lipinski definition) is 5. The highest BCUT2D eigenvalue weighted by Gasteiger charge is 2.30. The molecule has 0 spiro atoms. The van der Waals surface area contributed by atoms with Crippen molar-refractivity contribution in [1.29, 1.82) is 0 Å². The minimum atomic E-state index is -0.334. The molecule has 1 aliphatic heterocycles. The van der Waals surface area contributed by atoms with E-state index in [2.05, 4.69) is 0 Å². The molecule has 1 aliphatic rings. The molecule has 0 aromatic heterocycles. The molecule has 0 fully saturated rings. The van der Waals surface area contributed by atoms with Gasteiger partial charge in [0.1, 0.15) is 17.2 Å². The third kappa shape index (κ3) is 3.61. The number of carbonyl (C=O) groups excluding carboxylic acids is 2. The molecule has 0 saturated heterocycles. The fraction of sp³-hybridized carbons (Fsp3) is 0.238. The lowest BCUT2D eigenvalue weighted by Gasteiger charge is -2.06. The van der Waals surface area contributed by atoms with Crippen molar-refractivity contribution >= 4 is 17.8 Å². The largest absolute Gasteiger partial charge is 0.494 e. The Morgan fingerprint density at radius 1 is 1.12 bits per heavy atom. The first-order valence-corrected chi connectivity index (χ1v) is 8.54. The van der Waals surface area contributed by atoms with Crippen molar-refractivity contribution in [3.8, 4) is 17.2 Å². The Hall–Kier alpha value is -3.08. The maximum absolute atomic E-state index is 12.7. The van der Waals surface area contributed by atoms with Crippen molar-refractivity contribution < 1.29 is 23.8 Å². The normalized spacial score (nSPS) is 14.1. The molecule has 5 nitrogen and oxygen atoms in total. The van der Waals surface area contributed by atoms with E-state index in [9.17, 15) is 9.59 Å². The molecule has 5 heteroatoms. The van der Waals surface area contributed by atoms with E-state index in [4.69, 9.17) is 14.2 Å². The van der Waals surface area contributed by atoms with Gasteiger partial charge in [0.05, 0.1) is 12.2 Å². The summed E-state index contributed by atoms with van der Waals surface area (Å²) < 4.78 is 16.4. The summed E-state index contributed by atoms with van der Waals surface area (Å²) in [4.78, 5) is 24.1. The van der Waals surface area contributed by atoms with Crippen LogP contribution < -0.4 is 14.2 Å². The number of Topliss-reactive ketones (excluding diaryl/α,β-unsaturated/α-hetero) is 1. The number of aryl methyl sites for hydroxylation is 1. The summed E-state index contributed by atoms with van der Waals surface area (Å²) in [6.45, 7) is 6.04. The molecule has 134 valence electrons. The highest BCUT2D eigenvalue weighted by Crippen LogP contribution is 2.37. The highest BCUT2D eigenvalue weighted by molar-refractivity contribution is 6.15. The van der Waals surface area contributed by atoms with Crippen LogP contribution in [-0.4, -0.2) is 18.4 Å². The fourth-order valence-electron chi connectivity index (χ4n) is 2.72. The predicted octanol–water partition coefficient (Wildman–Crippen LogP) is 4.33. The van der Waals surface area contributed by atoms with Crippen LogP contribution in [0.4, 0.5) is 0 Å². The van der Waals surface area contributed by atoms with E-state index >= 15 is 0 Å². The van der Waals surface area contributed by atoms with E-state index < -0.39 is 0 Å². The number of allylic oxidation sites excluding steroid dienone is 1. The lowest BCUT2D eigenvalue weighted by Crippen LogP contribution is -2.06. The van der Waals surface area contributed by atoms with Gasteiger partial charge in [0.25, 0.3) is 0 Å². The third-order valence-corrected chi connectivity index (χ3v) is 3.95. The number of rotatable bonds is 5. The number of ketones is 1. The zero-order valence-electron chi connectivity index (χ0n) is 15.0. The first-order valence-electron chi connectivity index (χ1n) is 8.54. The van der Waals surface area contributed by atoms with Gasteiger partial charge in [-0.3, -0.25) is 9.59 Å². The van der Waals surface area contributed by atoms with Gasteiger partial charge in [-0.1, -0.05) is 19.1 Å². The van der Waals surface area contributed by atoms with E-state index in [-0.39, 0.29) is 23.9 Å². The van der Waals surface area contributed by atoms with Crippen molar-refractivity contribution in [2.75, 3.05) is 6.61 Å². The summed E-state index contributed by atoms with van der Waals surface area (Å²) in [6, 6.07) is 10.7. The van der Waals surface area contributed by atoms with E-state index in [0.717, 1.165) is 11.3 Å². The Bertz CT molecular complexity index is 878. The van der Waals surface area contributed by atoms with Crippen LogP contribution in [0, 0.1) is 6.92 Å². The predicted molar refractivity (Wildman–Crippen MR) is 97.7 cm³/mol. The standard InChI is InChI=1S/C21H20O5/c1-4-19(22)25-16-10-13(3)20-17(12-16)26-18(21(20)23)11-14-6-8-15(9-7-14)24-5-2/h6-12H,4-5H2,1-3H3/b18-11-. The first-order chi connectivity index (χ1) is 12.5. The Balaban J connectivity index is 1.86. The molecule has 2 aromatic rings. The summed E-state index contributed by atoms with van der Waals surface area (Å²) in [5, 5.41) is 0. The van der Waals surface area contributed by atoms with E-state index in [0.29, 0.717) is 29.2 Å². The van der Waals surface area contributed by atoms with Gasteiger partial charge >= 0.3 is 5.97 Å². The quantitative estimate of drug-likeness (QED) is 0.455. The minimum Gasteiger partial charge on any atom is -0.494 e. The highest BCUT2D eigenvalue weighted by atomic mass is 16.5. The Labute approximate surface area is 152 Å². The van der Waals surface area contributed by atoms with Crippen molar-refractivity contribution in [2.45, 2.75) is 27.2 Å². The van der Waals surface area contributed by atoms with Crippen LogP contribution in [0.5, 0.6) is 17.2 Å². The zero-order chi connectivity index (χ0) is 18.7. The second kappa shape index (κ2) is 7.44. The van der Waals surface area contributed by atoms with Gasteiger partial charge in [-0.05, 0) is 49.2 Å². The second-order valence-corrected chi connectivity index (χ2v) is 5.88. The second-order valence-electron chi connectivity index (χ2n) is 5.88. The van der Waals surface area contributed by atoms with Crippen LogP contribution >= 0.6 is 0 Å². The molecule has 3 rings (SSSR count).